The maximum absolute atomic E-state index is 5.75. The van der Waals surface area contributed by atoms with Crippen molar-refractivity contribution in [1.29, 1.82) is 0 Å². The third kappa shape index (κ3) is 4.37. The number of piperidine rings is 1. The Morgan fingerprint density at radius 1 is 1.29 bits per heavy atom. The molecule has 1 aliphatic rings. The summed E-state index contributed by atoms with van der Waals surface area (Å²) < 4.78 is 5.75. The lowest BCUT2D eigenvalue weighted by molar-refractivity contribution is 0.0141. The maximum atomic E-state index is 5.75. The van der Waals surface area contributed by atoms with E-state index in [2.05, 4.69) is 37.9 Å². The Morgan fingerprint density at radius 2 is 2.00 bits per heavy atom. The molecule has 94 valence electrons. The summed E-state index contributed by atoms with van der Waals surface area (Å²) in [6.07, 6.45) is 6.49. The minimum atomic E-state index is 0.459. The van der Waals surface area contributed by atoms with Crippen LogP contribution in [0.25, 0.3) is 0 Å². The summed E-state index contributed by atoms with van der Waals surface area (Å²) in [5.74, 6) is 0. The number of aromatic nitrogens is 1. The van der Waals surface area contributed by atoms with Gasteiger partial charge in [-0.2, -0.15) is 0 Å². The Labute approximate surface area is 111 Å². The first kappa shape index (κ1) is 13.0. The molecule has 0 N–H and O–H groups in total. The highest BCUT2D eigenvalue weighted by Gasteiger charge is 2.19. The molecule has 1 aromatic heterocycles. The second-order valence-electron chi connectivity index (χ2n) is 4.39. The number of hydrogen-bond donors (Lipinski definition) is 0. The van der Waals surface area contributed by atoms with Crippen LogP contribution in [-0.4, -0.2) is 41.0 Å². The molecular weight excluding hydrogens is 280 g/mol. The van der Waals surface area contributed by atoms with Crippen molar-refractivity contribution in [2.24, 2.45) is 0 Å². The highest BCUT2D eigenvalue weighted by atomic mass is 79.9. The Hall–Kier alpha value is -0.450. The molecule has 0 bridgehead atoms. The molecule has 0 aromatic carbocycles. The van der Waals surface area contributed by atoms with Crippen molar-refractivity contribution in [3.05, 3.63) is 30.1 Å². The number of halogens is 1. The van der Waals surface area contributed by atoms with Gasteiger partial charge in [-0.05, 0) is 30.5 Å². The molecule has 0 amide bonds. The number of pyridine rings is 1. The van der Waals surface area contributed by atoms with E-state index in [9.17, 15) is 0 Å². The number of alkyl halides is 1. The van der Waals surface area contributed by atoms with Gasteiger partial charge in [-0.15, -0.1) is 0 Å². The lowest BCUT2D eigenvalue weighted by Gasteiger charge is -2.31. The van der Waals surface area contributed by atoms with E-state index >= 15 is 0 Å². The molecule has 1 fully saturated rings. The number of likely N-dealkylation sites (tertiary alicyclic amines) is 1. The van der Waals surface area contributed by atoms with Crippen LogP contribution < -0.4 is 0 Å². The maximum Gasteiger partial charge on any atom is 0.0599 e. The van der Waals surface area contributed by atoms with Crippen molar-refractivity contribution in [2.75, 3.05) is 25.0 Å². The van der Waals surface area contributed by atoms with Crippen LogP contribution in [0.15, 0.2) is 24.5 Å². The van der Waals surface area contributed by atoms with Gasteiger partial charge in [0.2, 0.25) is 0 Å². The first-order chi connectivity index (χ1) is 8.38. The average molecular weight is 299 g/mol. The molecule has 0 atom stereocenters. The van der Waals surface area contributed by atoms with E-state index in [0.717, 1.165) is 44.4 Å². The Bertz CT molecular complexity index is 312. The van der Waals surface area contributed by atoms with Crippen LogP contribution in [-0.2, 0) is 11.3 Å². The summed E-state index contributed by atoms with van der Waals surface area (Å²) in [7, 11) is 0. The summed E-state index contributed by atoms with van der Waals surface area (Å²) in [6.45, 7) is 4.13. The van der Waals surface area contributed by atoms with Gasteiger partial charge in [-0.25, -0.2) is 0 Å². The lowest BCUT2D eigenvalue weighted by atomic mass is 10.1. The third-order valence-electron chi connectivity index (χ3n) is 3.12. The zero-order valence-electron chi connectivity index (χ0n) is 10.0. The molecule has 0 unspecified atom stereocenters. The molecule has 2 heterocycles. The highest BCUT2D eigenvalue weighted by molar-refractivity contribution is 9.09. The molecular formula is C13H19BrN2O. The van der Waals surface area contributed by atoms with E-state index in [1.54, 1.807) is 0 Å². The van der Waals surface area contributed by atoms with Gasteiger partial charge in [0.15, 0.2) is 0 Å². The highest BCUT2D eigenvalue weighted by Crippen LogP contribution is 2.16. The van der Waals surface area contributed by atoms with E-state index in [0.29, 0.717) is 6.10 Å². The lowest BCUT2D eigenvalue weighted by Crippen LogP contribution is -2.36. The Balaban J connectivity index is 1.72. The van der Waals surface area contributed by atoms with E-state index in [1.807, 2.05) is 12.4 Å². The third-order valence-corrected chi connectivity index (χ3v) is 3.44. The quantitative estimate of drug-likeness (QED) is 0.781. The van der Waals surface area contributed by atoms with Gasteiger partial charge in [-0.1, -0.05) is 15.9 Å². The zero-order chi connectivity index (χ0) is 11.9. The second-order valence-corrected chi connectivity index (χ2v) is 5.18. The van der Waals surface area contributed by atoms with Crippen LogP contribution in [0.3, 0.4) is 0 Å². The molecule has 4 heteroatoms. The van der Waals surface area contributed by atoms with Crippen molar-refractivity contribution in [3.63, 3.8) is 0 Å². The molecule has 1 saturated heterocycles. The van der Waals surface area contributed by atoms with Crippen molar-refractivity contribution in [1.82, 2.24) is 9.88 Å². The van der Waals surface area contributed by atoms with Crippen LogP contribution in [0.4, 0.5) is 0 Å². The predicted molar refractivity (Wildman–Crippen MR) is 72.3 cm³/mol. The van der Waals surface area contributed by atoms with Crippen molar-refractivity contribution >= 4 is 15.9 Å². The topological polar surface area (TPSA) is 25.4 Å². The molecule has 1 aliphatic heterocycles. The fourth-order valence-electron chi connectivity index (χ4n) is 2.19. The Morgan fingerprint density at radius 3 is 2.65 bits per heavy atom. The van der Waals surface area contributed by atoms with E-state index in [4.69, 9.17) is 4.74 Å². The van der Waals surface area contributed by atoms with Crippen LogP contribution >= 0.6 is 15.9 Å². The first-order valence-corrected chi connectivity index (χ1v) is 7.29. The standard InChI is InChI=1S/C13H19BrN2O/c14-5-10-17-13-3-8-16(9-4-13)11-12-1-6-15-7-2-12/h1-2,6-7,13H,3-5,8-11H2. The summed E-state index contributed by atoms with van der Waals surface area (Å²) in [6, 6.07) is 4.18. The molecule has 1 aromatic rings. The zero-order valence-corrected chi connectivity index (χ0v) is 11.6. The molecule has 0 spiro atoms. The van der Waals surface area contributed by atoms with Gasteiger partial charge in [0.05, 0.1) is 12.7 Å². The second kappa shape index (κ2) is 7.09. The van der Waals surface area contributed by atoms with Gasteiger partial charge in [0.1, 0.15) is 0 Å². The molecule has 0 aliphatic carbocycles. The largest absolute Gasteiger partial charge is 0.377 e. The molecule has 2 rings (SSSR count). The van der Waals surface area contributed by atoms with Gasteiger partial charge in [0, 0.05) is 37.4 Å². The molecule has 0 saturated carbocycles. The molecule has 17 heavy (non-hydrogen) atoms. The van der Waals surface area contributed by atoms with Crippen LogP contribution in [0, 0.1) is 0 Å². The Kier molecular flexibility index (Phi) is 5.42. The number of nitrogens with zero attached hydrogens (tertiary/aromatic N) is 2. The first-order valence-electron chi connectivity index (χ1n) is 6.17. The minimum Gasteiger partial charge on any atom is -0.377 e. The number of rotatable bonds is 5. The van der Waals surface area contributed by atoms with Gasteiger partial charge in [0.25, 0.3) is 0 Å². The summed E-state index contributed by atoms with van der Waals surface area (Å²) >= 11 is 3.39. The summed E-state index contributed by atoms with van der Waals surface area (Å²) in [4.78, 5) is 6.53. The number of hydrogen-bond acceptors (Lipinski definition) is 3. The summed E-state index contributed by atoms with van der Waals surface area (Å²) in [5.41, 5.74) is 1.35. The molecule has 0 radical (unpaired) electrons. The SMILES string of the molecule is BrCCOC1CCN(Cc2ccncc2)CC1. The van der Waals surface area contributed by atoms with E-state index < -0.39 is 0 Å². The van der Waals surface area contributed by atoms with Crippen molar-refractivity contribution in [2.45, 2.75) is 25.5 Å². The fraction of sp³-hybridized carbons (Fsp3) is 0.615. The van der Waals surface area contributed by atoms with Crippen LogP contribution in [0.5, 0.6) is 0 Å². The van der Waals surface area contributed by atoms with Crippen LogP contribution in [0.1, 0.15) is 18.4 Å². The van der Waals surface area contributed by atoms with Gasteiger partial charge >= 0.3 is 0 Å². The van der Waals surface area contributed by atoms with Crippen LogP contribution in [0.2, 0.25) is 0 Å². The van der Waals surface area contributed by atoms with Crippen molar-refractivity contribution < 1.29 is 4.74 Å². The normalized spacial score (nSPS) is 18.4. The van der Waals surface area contributed by atoms with Gasteiger partial charge < -0.3 is 4.74 Å². The number of ether oxygens (including phenoxy) is 1. The monoisotopic (exact) mass is 298 g/mol. The van der Waals surface area contributed by atoms with Gasteiger partial charge in [-0.3, -0.25) is 9.88 Å². The predicted octanol–water partition coefficient (Wildman–Crippen LogP) is 2.46. The smallest absolute Gasteiger partial charge is 0.0599 e. The fourth-order valence-corrected chi connectivity index (χ4v) is 2.38. The molecule has 3 nitrogen and oxygen atoms in total. The van der Waals surface area contributed by atoms with E-state index in [-0.39, 0.29) is 0 Å². The minimum absolute atomic E-state index is 0.459. The van der Waals surface area contributed by atoms with Crippen molar-refractivity contribution in [3.8, 4) is 0 Å². The summed E-state index contributed by atoms with van der Waals surface area (Å²) in [5, 5.41) is 0.935. The average Bonchev–Trinajstić information content (AvgIpc) is 2.39. The van der Waals surface area contributed by atoms with E-state index in [1.165, 1.54) is 5.56 Å².